The number of nitrogens with zero attached hydrogens (tertiary/aromatic N) is 4. The third-order valence-corrected chi connectivity index (χ3v) is 5.39. The van der Waals surface area contributed by atoms with E-state index in [1.54, 1.807) is 17.3 Å². The van der Waals surface area contributed by atoms with Crippen molar-refractivity contribution < 1.29 is 9.59 Å². The van der Waals surface area contributed by atoms with Crippen LogP contribution < -0.4 is 5.32 Å². The molecule has 4 heterocycles. The van der Waals surface area contributed by atoms with Crippen molar-refractivity contribution in [3.8, 4) is 11.3 Å². The summed E-state index contributed by atoms with van der Waals surface area (Å²) in [7, 11) is 1.91. The summed E-state index contributed by atoms with van der Waals surface area (Å²) in [6, 6.07) is 5.62. The molecule has 150 valence electrons. The number of carbonyl (C=O) groups excluding carboxylic acids is 2. The maximum atomic E-state index is 12.5. The van der Waals surface area contributed by atoms with Crippen LogP contribution in [0.15, 0.2) is 43.2 Å². The number of nitrogens with one attached hydrogen (secondary N) is 2. The second kappa shape index (κ2) is 7.90. The van der Waals surface area contributed by atoms with Crippen LogP contribution in [0, 0.1) is 0 Å². The zero-order chi connectivity index (χ0) is 20.4. The Morgan fingerprint density at radius 2 is 2.24 bits per heavy atom. The predicted molar refractivity (Wildman–Crippen MR) is 110 cm³/mol. The number of rotatable bonds is 6. The van der Waals surface area contributed by atoms with Crippen molar-refractivity contribution in [1.29, 1.82) is 0 Å². The zero-order valence-electron chi connectivity index (χ0n) is 16.4. The Morgan fingerprint density at radius 3 is 3.00 bits per heavy atom. The summed E-state index contributed by atoms with van der Waals surface area (Å²) in [5.74, 6) is -0.297. The van der Waals surface area contributed by atoms with Gasteiger partial charge >= 0.3 is 0 Å². The van der Waals surface area contributed by atoms with E-state index in [1.165, 1.54) is 6.08 Å². The van der Waals surface area contributed by atoms with Crippen LogP contribution in [0.5, 0.6) is 0 Å². The summed E-state index contributed by atoms with van der Waals surface area (Å²) in [5, 5.41) is 8.22. The summed E-state index contributed by atoms with van der Waals surface area (Å²) in [6.45, 7) is 4.60. The van der Waals surface area contributed by atoms with E-state index in [1.807, 2.05) is 23.9 Å². The van der Waals surface area contributed by atoms with Crippen molar-refractivity contribution in [2.75, 3.05) is 13.1 Å². The SMILES string of the molecule is C=CC(=O)N1CCC[C@H]1C(=O)NCCc1cc2c(-c3ccnn3C)ccnc2[nH]1. The molecule has 1 aliphatic heterocycles. The van der Waals surface area contributed by atoms with Gasteiger partial charge in [0, 0.05) is 55.6 Å². The number of hydrogen-bond acceptors (Lipinski definition) is 4. The molecule has 0 unspecified atom stereocenters. The van der Waals surface area contributed by atoms with Crippen molar-refractivity contribution in [1.82, 2.24) is 30.0 Å². The fourth-order valence-electron chi connectivity index (χ4n) is 3.94. The molecule has 8 nitrogen and oxygen atoms in total. The van der Waals surface area contributed by atoms with Gasteiger partial charge in [0.2, 0.25) is 11.8 Å². The van der Waals surface area contributed by atoms with Crippen molar-refractivity contribution in [3.05, 3.63) is 48.9 Å². The van der Waals surface area contributed by atoms with Crippen LogP contribution in [0.1, 0.15) is 18.5 Å². The maximum absolute atomic E-state index is 12.5. The lowest BCUT2D eigenvalue weighted by Gasteiger charge is -2.22. The summed E-state index contributed by atoms with van der Waals surface area (Å²) in [5.41, 5.74) is 3.88. The van der Waals surface area contributed by atoms with E-state index in [-0.39, 0.29) is 11.8 Å². The molecule has 0 bridgehead atoms. The summed E-state index contributed by atoms with van der Waals surface area (Å²) >= 11 is 0. The molecule has 1 saturated heterocycles. The van der Waals surface area contributed by atoms with E-state index in [0.29, 0.717) is 25.9 Å². The van der Waals surface area contributed by atoms with Gasteiger partial charge in [-0.05, 0) is 37.1 Å². The van der Waals surface area contributed by atoms with Gasteiger partial charge < -0.3 is 15.2 Å². The Hall–Kier alpha value is -3.42. The zero-order valence-corrected chi connectivity index (χ0v) is 16.4. The molecule has 0 radical (unpaired) electrons. The first kappa shape index (κ1) is 18.9. The van der Waals surface area contributed by atoms with Crippen LogP contribution in [-0.2, 0) is 23.1 Å². The highest BCUT2D eigenvalue weighted by atomic mass is 16.2. The lowest BCUT2D eigenvalue weighted by molar-refractivity contribution is -0.135. The minimum absolute atomic E-state index is 0.109. The molecule has 1 aliphatic rings. The highest BCUT2D eigenvalue weighted by molar-refractivity contribution is 5.93. The molecule has 1 fully saturated rings. The van der Waals surface area contributed by atoms with Crippen molar-refractivity contribution in [2.24, 2.45) is 7.05 Å². The smallest absolute Gasteiger partial charge is 0.246 e. The minimum Gasteiger partial charge on any atom is -0.354 e. The highest BCUT2D eigenvalue weighted by Crippen LogP contribution is 2.27. The molecule has 2 amide bonds. The molecule has 2 N–H and O–H groups in total. The molecule has 3 aromatic heterocycles. The van der Waals surface area contributed by atoms with E-state index in [4.69, 9.17) is 0 Å². The molecule has 0 saturated carbocycles. The van der Waals surface area contributed by atoms with Gasteiger partial charge in [-0.2, -0.15) is 5.10 Å². The second-order valence-corrected chi connectivity index (χ2v) is 7.19. The summed E-state index contributed by atoms with van der Waals surface area (Å²) in [4.78, 5) is 33.7. The number of fused-ring (bicyclic) bond motifs is 1. The largest absolute Gasteiger partial charge is 0.354 e. The van der Waals surface area contributed by atoms with E-state index < -0.39 is 6.04 Å². The van der Waals surface area contributed by atoms with Gasteiger partial charge in [0.15, 0.2) is 0 Å². The third kappa shape index (κ3) is 3.65. The number of likely N-dealkylation sites (tertiary alicyclic amines) is 1. The Kier molecular flexibility index (Phi) is 5.16. The number of amides is 2. The normalized spacial score (nSPS) is 16.3. The number of aromatic nitrogens is 4. The number of hydrogen-bond donors (Lipinski definition) is 2. The van der Waals surface area contributed by atoms with Gasteiger partial charge in [-0.3, -0.25) is 14.3 Å². The first-order valence-corrected chi connectivity index (χ1v) is 9.74. The Morgan fingerprint density at radius 1 is 1.38 bits per heavy atom. The molecule has 4 rings (SSSR count). The highest BCUT2D eigenvalue weighted by Gasteiger charge is 2.32. The second-order valence-electron chi connectivity index (χ2n) is 7.19. The van der Waals surface area contributed by atoms with Crippen molar-refractivity contribution >= 4 is 22.8 Å². The molecular formula is C21H24N6O2. The monoisotopic (exact) mass is 392 g/mol. The molecule has 1 atom stereocenters. The minimum atomic E-state index is -0.402. The molecule has 29 heavy (non-hydrogen) atoms. The number of pyridine rings is 1. The maximum Gasteiger partial charge on any atom is 0.246 e. The Balaban J connectivity index is 1.43. The average molecular weight is 392 g/mol. The van der Waals surface area contributed by atoms with Crippen LogP contribution in [0.2, 0.25) is 0 Å². The molecular weight excluding hydrogens is 368 g/mol. The lowest BCUT2D eigenvalue weighted by atomic mass is 10.1. The van der Waals surface area contributed by atoms with Crippen LogP contribution in [0.3, 0.4) is 0 Å². The Labute approximate surface area is 168 Å². The average Bonchev–Trinajstić information content (AvgIpc) is 3.45. The quantitative estimate of drug-likeness (QED) is 0.625. The van der Waals surface area contributed by atoms with Crippen LogP contribution in [0.4, 0.5) is 0 Å². The summed E-state index contributed by atoms with van der Waals surface area (Å²) in [6.07, 6.45) is 6.99. The van der Waals surface area contributed by atoms with Gasteiger partial charge in [0.05, 0.1) is 5.69 Å². The lowest BCUT2D eigenvalue weighted by Crippen LogP contribution is -2.45. The van der Waals surface area contributed by atoms with Gasteiger partial charge in [-0.1, -0.05) is 6.58 Å². The van der Waals surface area contributed by atoms with Gasteiger partial charge in [0.25, 0.3) is 0 Å². The van der Waals surface area contributed by atoms with Gasteiger partial charge in [-0.15, -0.1) is 0 Å². The van der Waals surface area contributed by atoms with E-state index in [0.717, 1.165) is 34.4 Å². The fraction of sp³-hybridized carbons (Fsp3) is 0.333. The number of aromatic amines is 1. The molecule has 8 heteroatoms. The van der Waals surface area contributed by atoms with E-state index >= 15 is 0 Å². The Bertz CT molecular complexity index is 1070. The van der Waals surface area contributed by atoms with Crippen LogP contribution >= 0.6 is 0 Å². The molecule has 0 aliphatic carbocycles. The van der Waals surface area contributed by atoms with Crippen molar-refractivity contribution in [3.63, 3.8) is 0 Å². The van der Waals surface area contributed by atoms with Crippen LogP contribution in [0.25, 0.3) is 22.3 Å². The molecule has 3 aromatic rings. The van der Waals surface area contributed by atoms with Gasteiger partial charge in [0.1, 0.15) is 11.7 Å². The predicted octanol–water partition coefficient (Wildman–Crippen LogP) is 1.80. The topological polar surface area (TPSA) is 95.9 Å². The molecule has 0 aromatic carbocycles. The number of carbonyl (C=O) groups is 2. The third-order valence-electron chi connectivity index (χ3n) is 5.39. The van der Waals surface area contributed by atoms with Gasteiger partial charge in [-0.25, -0.2) is 4.98 Å². The first-order valence-electron chi connectivity index (χ1n) is 9.74. The first-order chi connectivity index (χ1) is 14.1. The van der Waals surface area contributed by atoms with E-state index in [9.17, 15) is 9.59 Å². The summed E-state index contributed by atoms with van der Waals surface area (Å²) < 4.78 is 1.83. The fourth-order valence-corrected chi connectivity index (χ4v) is 3.94. The van der Waals surface area contributed by atoms with Crippen molar-refractivity contribution in [2.45, 2.75) is 25.3 Å². The number of aryl methyl sites for hydroxylation is 1. The van der Waals surface area contributed by atoms with Crippen LogP contribution in [-0.4, -0.2) is 55.6 Å². The molecule has 0 spiro atoms. The number of H-pyrrole nitrogens is 1. The standard InChI is InChI=1S/C21H24N6O2/c1-3-19(28)27-12-4-5-18(27)21(29)23-9-6-14-13-16-15(7-10-22-20(16)25-14)17-8-11-24-26(17)2/h3,7-8,10-11,13,18H,1,4-6,9,12H2,2H3,(H,22,25)(H,23,29)/t18-/m0/s1. The van der Waals surface area contributed by atoms with E-state index in [2.05, 4.69) is 33.0 Å².